The summed E-state index contributed by atoms with van der Waals surface area (Å²) in [7, 11) is 1.63. The molecular weight excluding hydrogens is 256 g/mol. The Labute approximate surface area is 117 Å². The maximum Gasteiger partial charge on any atom is 0.307 e. The highest BCUT2D eigenvalue weighted by atomic mass is 16.5. The van der Waals surface area contributed by atoms with Crippen LogP contribution in [0.4, 0.5) is 0 Å². The van der Waals surface area contributed by atoms with Crippen LogP contribution in [0.25, 0.3) is 0 Å². The number of carboxylic acid groups (broad SMARTS) is 1. The molecule has 0 unspecified atom stereocenters. The molecule has 0 saturated carbocycles. The second kappa shape index (κ2) is 5.77. The number of nitrogens with zero attached hydrogens (tertiary/aromatic N) is 2. The highest BCUT2D eigenvalue weighted by Gasteiger charge is 2.15. The molecule has 20 heavy (non-hydrogen) atoms. The summed E-state index contributed by atoms with van der Waals surface area (Å²) in [6.07, 6.45) is 0.00356. The van der Waals surface area contributed by atoms with Gasteiger partial charge in [-0.1, -0.05) is 18.2 Å². The fourth-order valence-corrected chi connectivity index (χ4v) is 2.29. The lowest BCUT2D eigenvalue weighted by Crippen LogP contribution is -2.07. The van der Waals surface area contributed by atoms with E-state index in [0.29, 0.717) is 6.54 Å². The third-order valence-corrected chi connectivity index (χ3v) is 3.37. The minimum absolute atomic E-state index is 0.00356. The molecule has 2 aromatic rings. The van der Waals surface area contributed by atoms with Crippen molar-refractivity contribution >= 4 is 5.97 Å². The number of carbonyl (C=O) groups is 1. The maximum atomic E-state index is 10.9. The van der Waals surface area contributed by atoms with Crippen LogP contribution in [-0.4, -0.2) is 28.0 Å². The van der Waals surface area contributed by atoms with E-state index in [9.17, 15) is 4.79 Å². The molecule has 106 valence electrons. The number of methoxy groups -OCH3 is 1. The summed E-state index contributed by atoms with van der Waals surface area (Å²) in [5.41, 5.74) is 3.45. The summed E-state index contributed by atoms with van der Waals surface area (Å²) in [6, 6.07) is 7.74. The van der Waals surface area contributed by atoms with Crippen LogP contribution in [0.2, 0.25) is 0 Å². The Morgan fingerprint density at radius 2 is 2.05 bits per heavy atom. The van der Waals surface area contributed by atoms with Gasteiger partial charge in [-0.15, -0.1) is 0 Å². The van der Waals surface area contributed by atoms with Crippen molar-refractivity contribution in [3.05, 3.63) is 46.8 Å². The van der Waals surface area contributed by atoms with E-state index in [2.05, 4.69) is 5.10 Å². The number of hydrogen-bond acceptors (Lipinski definition) is 3. The lowest BCUT2D eigenvalue weighted by Gasteiger charge is -2.09. The summed E-state index contributed by atoms with van der Waals surface area (Å²) in [4.78, 5) is 10.9. The summed E-state index contributed by atoms with van der Waals surface area (Å²) < 4.78 is 7.15. The summed E-state index contributed by atoms with van der Waals surface area (Å²) in [5.74, 6) is -0.0344. The molecule has 0 aliphatic heterocycles. The average Bonchev–Trinajstić information content (AvgIpc) is 2.67. The van der Waals surface area contributed by atoms with Crippen LogP contribution in [0, 0.1) is 13.8 Å². The van der Waals surface area contributed by atoms with Crippen molar-refractivity contribution in [2.75, 3.05) is 7.11 Å². The molecule has 1 heterocycles. The van der Waals surface area contributed by atoms with E-state index in [1.807, 2.05) is 42.8 Å². The zero-order chi connectivity index (χ0) is 14.7. The zero-order valence-corrected chi connectivity index (χ0v) is 11.9. The van der Waals surface area contributed by atoms with Crippen molar-refractivity contribution in [3.8, 4) is 5.75 Å². The van der Waals surface area contributed by atoms with E-state index in [1.54, 1.807) is 7.11 Å². The number of rotatable bonds is 5. The molecule has 0 aliphatic rings. The molecule has 0 aliphatic carbocycles. The molecule has 0 fully saturated rings. The lowest BCUT2D eigenvalue weighted by atomic mass is 10.1. The van der Waals surface area contributed by atoms with Crippen molar-refractivity contribution < 1.29 is 14.6 Å². The van der Waals surface area contributed by atoms with E-state index in [4.69, 9.17) is 9.84 Å². The Balaban J connectivity index is 2.32. The van der Waals surface area contributed by atoms with Crippen molar-refractivity contribution in [1.82, 2.24) is 9.78 Å². The third kappa shape index (κ3) is 2.82. The molecule has 2 rings (SSSR count). The van der Waals surface area contributed by atoms with Crippen molar-refractivity contribution in [2.24, 2.45) is 0 Å². The van der Waals surface area contributed by atoms with Gasteiger partial charge in [0.25, 0.3) is 0 Å². The van der Waals surface area contributed by atoms with Crippen LogP contribution in [0.5, 0.6) is 5.75 Å². The predicted octanol–water partition coefficient (Wildman–Crippen LogP) is 2.18. The molecule has 0 atom stereocenters. The fourth-order valence-electron chi connectivity index (χ4n) is 2.29. The molecular formula is C15H18N2O3. The van der Waals surface area contributed by atoms with Gasteiger partial charge in [0.15, 0.2) is 0 Å². The average molecular weight is 274 g/mol. The standard InChI is InChI=1S/C15H18N2O3/c1-10-13(8-15(18)19)11(2)17(16-10)9-12-6-4-5-7-14(12)20-3/h4-7H,8-9H2,1-3H3,(H,18,19). The first kappa shape index (κ1) is 14.1. The van der Waals surface area contributed by atoms with Gasteiger partial charge in [0.2, 0.25) is 0 Å². The Bertz CT molecular complexity index is 632. The molecule has 5 nitrogen and oxygen atoms in total. The van der Waals surface area contributed by atoms with Gasteiger partial charge in [0, 0.05) is 16.8 Å². The Morgan fingerprint density at radius 3 is 2.70 bits per heavy atom. The number of ether oxygens (including phenoxy) is 1. The molecule has 5 heteroatoms. The SMILES string of the molecule is COc1ccccc1Cn1nc(C)c(CC(=O)O)c1C. The molecule has 0 bridgehead atoms. The number of carboxylic acids is 1. The van der Waals surface area contributed by atoms with Gasteiger partial charge >= 0.3 is 5.97 Å². The highest BCUT2D eigenvalue weighted by Crippen LogP contribution is 2.21. The monoisotopic (exact) mass is 274 g/mol. The first-order valence-electron chi connectivity index (χ1n) is 6.39. The quantitative estimate of drug-likeness (QED) is 0.907. The summed E-state index contributed by atoms with van der Waals surface area (Å²) in [5, 5.41) is 13.4. The largest absolute Gasteiger partial charge is 0.496 e. The second-order valence-corrected chi connectivity index (χ2v) is 4.69. The van der Waals surface area contributed by atoms with Gasteiger partial charge in [0.1, 0.15) is 5.75 Å². The minimum Gasteiger partial charge on any atom is -0.496 e. The van der Waals surface area contributed by atoms with Gasteiger partial charge < -0.3 is 9.84 Å². The van der Waals surface area contributed by atoms with Crippen molar-refractivity contribution in [1.29, 1.82) is 0 Å². The van der Waals surface area contributed by atoms with Crippen LogP contribution in [0.15, 0.2) is 24.3 Å². The predicted molar refractivity (Wildman–Crippen MR) is 75.1 cm³/mol. The zero-order valence-electron chi connectivity index (χ0n) is 11.9. The van der Waals surface area contributed by atoms with Crippen LogP contribution in [0.1, 0.15) is 22.5 Å². The van der Waals surface area contributed by atoms with Crippen LogP contribution >= 0.6 is 0 Å². The Hall–Kier alpha value is -2.30. The smallest absolute Gasteiger partial charge is 0.307 e. The number of para-hydroxylation sites is 1. The van der Waals surface area contributed by atoms with Gasteiger partial charge in [0.05, 0.1) is 25.8 Å². The fraction of sp³-hybridized carbons (Fsp3) is 0.333. The third-order valence-electron chi connectivity index (χ3n) is 3.37. The highest BCUT2D eigenvalue weighted by molar-refractivity contribution is 5.70. The van der Waals surface area contributed by atoms with Crippen molar-refractivity contribution in [3.63, 3.8) is 0 Å². The lowest BCUT2D eigenvalue weighted by molar-refractivity contribution is -0.136. The van der Waals surface area contributed by atoms with E-state index in [-0.39, 0.29) is 6.42 Å². The van der Waals surface area contributed by atoms with Gasteiger partial charge in [-0.3, -0.25) is 9.48 Å². The summed E-state index contributed by atoms with van der Waals surface area (Å²) in [6.45, 7) is 4.30. The van der Waals surface area contributed by atoms with Crippen LogP contribution < -0.4 is 4.74 Å². The Morgan fingerprint density at radius 1 is 1.35 bits per heavy atom. The molecule has 1 aromatic heterocycles. The van der Waals surface area contributed by atoms with E-state index < -0.39 is 5.97 Å². The number of benzene rings is 1. The molecule has 0 saturated heterocycles. The first-order valence-corrected chi connectivity index (χ1v) is 6.39. The molecule has 0 spiro atoms. The van der Waals surface area contributed by atoms with E-state index in [0.717, 1.165) is 28.3 Å². The van der Waals surface area contributed by atoms with Crippen molar-refractivity contribution in [2.45, 2.75) is 26.8 Å². The topological polar surface area (TPSA) is 64.4 Å². The second-order valence-electron chi connectivity index (χ2n) is 4.69. The molecule has 0 amide bonds. The number of aromatic nitrogens is 2. The van der Waals surface area contributed by atoms with Gasteiger partial charge in [-0.25, -0.2) is 0 Å². The normalized spacial score (nSPS) is 10.6. The van der Waals surface area contributed by atoms with E-state index >= 15 is 0 Å². The number of aliphatic carboxylic acids is 1. The van der Waals surface area contributed by atoms with Crippen LogP contribution in [0.3, 0.4) is 0 Å². The maximum absolute atomic E-state index is 10.9. The first-order chi connectivity index (χ1) is 9.52. The number of aryl methyl sites for hydroxylation is 1. The minimum atomic E-state index is -0.840. The molecule has 1 N–H and O–H groups in total. The van der Waals surface area contributed by atoms with E-state index in [1.165, 1.54) is 0 Å². The van der Waals surface area contributed by atoms with Gasteiger partial charge in [-0.2, -0.15) is 5.10 Å². The molecule has 0 radical (unpaired) electrons. The van der Waals surface area contributed by atoms with Crippen LogP contribution in [-0.2, 0) is 17.8 Å². The van der Waals surface area contributed by atoms with Gasteiger partial charge in [-0.05, 0) is 19.9 Å². The Kier molecular flexibility index (Phi) is 4.08. The molecule has 1 aromatic carbocycles. The summed E-state index contributed by atoms with van der Waals surface area (Å²) >= 11 is 0. The number of hydrogen-bond donors (Lipinski definition) is 1.